The number of para-hydroxylation sites is 1. The van der Waals surface area contributed by atoms with Crippen LogP contribution in [0.3, 0.4) is 0 Å². The molecule has 4 nitrogen and oxygen atoms in total. The van der Waals surface area contributed by atoms with Crippen molar-refractivity contribution in [1.29, 1.82) is 0 Å². The second-order valence-electron chi connectivity index (χ2n) is 5.95. The first-order valence-corrected chi connectivity index (χ1v) is 8.29. The summed E-state index contributed by atoms with van der Waals surface area (Å²) in [6.45, 7) is 4.82. The van der Waals surface area contributed by atoms with E-state index in [1.807, 2.05) is 0 Å². The molecule has 0 fully saturated rings. The van der Waals surface area contributed by atoms with Gasteiger partial charge < -0.3 is 10.6 Å². The minimum Gasteiger partial charge on any atom is -0.352 e. The van der Waals surface area contributed by atoms with E-state index < -0.39 is 0 Å². The number of carbonyl (C=O) groups is 2. The van der Waals surface area contributed by atoms with Gasteiger partial charge in [0.1, 0.15) is 0 Å². The van der Waals surface area contributed by atoms with E-state index in [-0.39, 0.29) is 11.8 Å². The summed E-state index contributed by atoms with van der Waals surface area (Å²) in [5.74, 6) is 0.0426. The van der Waals surface area contributed by atoms with Crippen molar-refractivity contribution in [3.63, 3.8) is 0 Å². The molecule has 126 valence electrons. The topological polar surface area (TPSA) is 58.2 Å². The third-order valence-electron chi connectivity index (χ3n) is 3.52. The average molecular weight is 345 g/mol. The van der Waals surface area contributed by atoms with Gasteiger partial charge in [0.2, 0.25) is 0 Å². The third kappa shape index (κ3) is 5.10. The zero-order valence-corrected chi connectivity index (χ0v) is 14.6. The van der Waals surface area contributed by atoms with Crippen LogP contribution in [0.5, 0.6) is 0 Å². The molecule has 0 aliphatic carbocycles. The van der Waals surface area contributed by atoms with Gasteiger partial charge in [0.25, 0.3) is 11.8 Å². The summed E-state index contributed by atoms with van der Waals surface area (Å²) < 4.78 is 0. The van der Waals surface area contributed by atoms with Crippen LogP contribution in [-0.4, -0.2) is 18.4 Å². The van der Waals surface area contributed by atoms with Crippen LogP contribution < -0.4 is 10.6 Å². The SMILES string of the molecule is CC(C)CCNC(=O)c1cccc(C(=O)Nc2ccccc2Cl)c1. The average Bonchev–Trinajstić information content (AvgIpc) is 2.56. The molecule has 24 heavy (non-hydrogen) atoms. The minimum absolute atomic E-state index is 0.178. The fraction of sp³-hybridized carbons (Fsp3) is 0.263. The Morgan fingerprint density at radius 2 is 1.67 bits per heavy atom. The fourth-order valence-corrected chi connectivity index (χ4v) is 2.32. The van der Waals surface area contributed by atoms with Gasteiger partial charge in [-0.2, -0.15) is 0 Å². The van der Waals surface area contributed by atoms with Gasteiger partial charge >= 0.3 is 0 Å². The smallest absolute Gasteiger partial charge is 0.255 e. The van der Waals surface area contributed by atoms with Crippen LogP contribution >= 0.6 is 11.6 Å². The molecule has 0 spiro atoms. The number of amides is 2. The molecular weight excluding hydrogens is 324 g/mol. The molecule has 0 aromatic heterocycles. The van der Waals surface area contributed by atoms with Crippen molar-refractivity contribution < 1.29 is 9.59 Å². The lowest BCUT2D eigenvalue weighted by molar-refractivity contribution is 0.0952. The molecule has 5 heteroatoms. The molecule has 0 aliphatic heterocycles. The number of halogens is 1. The number of hydrogen-bond acceptors (Lipinski definition) is 2. The summed E-state index contributed by atoms with van der Waals surface area (Å²) in [5.41, 5.74) is 1.41. The van der Waals surface area contributed by atoms with Gasteiger partial charge in [-0.1, -0.05) is 43.6 Å². The van der Waals surface area contributed by atoms with E-state index in [9.17, 15) is 9.59 Å². The highest BCUT2D eigenvalue weighted by Crippen LogP contribution is 2.21. The molecule has 2 rings (SSSR count). The number of hydrogen-bond donors (Lipinski definition) is 2. The predicted molar refractivity (Wildman–Crippen MR) is 97.6 cm³/mol. The second-order valence-corrected chi connectivity index (χ2v) is 6.36. The predicted octanol–water partition coefficient (Wildman–Crippen LogP) is 4.37. The number of rotatable bonds is 6. The molecule has 0 bridgehead atoms. The van der Waals surface area contributed by atoms with Crippen molar-refractivity contribution in [3.8, 4) is 0 Å². The number of nitrogens with one attached hydrogen (secondary N) is 2. The van der Waals surface area contributed by atoms with Gasteiger partial charge in [-0.3, -0.25) is 9.59 Å². The van der Waals surface area contributed by atoms with E-state index in [0.29, 0.717) is 34.3 Å². The molecule has 0 aliphatic rings. The van der Waals surface area contributed by atoms with Crippen LogP contribution in [0, 0.1) is 5.92 Å². The highest BCUT2D eigenvalue weighted by atomic mass is 35.5. The normalized spacial score (nSPS) is 10.5. The Bertz CT molecular complexity index is 729. The Hall–Kier alpha value is -2.33. The van der Waals surface area contributed by atoms with Crippen molar-refractivity contribution >= 4 is 29.1 Å². The molecule has 2 amide bonds. The molecule has 2 aromatic carbocycles. The maximum absolute atomic E-state index is 12.3. The first kappa shape index (κ1) is 18.0. The standard InChI is InChI=1S/C19H21ClN2O2/c1-13(2)10-11-21-18(23)14-6-5-7-15(12-14)19(24)22-17-9-4-3-8-16(17)20/h3-9,12-13H,10-11H2,1-2H3,(H,21,23)(H,22,24). The zero-order chi connectivity index (χ0) is 17.5. The lowest BCUT2D eigenvalue weighted by Gasteiger charge is -2.09. The van der Waals surface area contributed by atoms with Crippen molar-refractivity contribution in [1.82, 2.24) is 5.32 Å². The van der Waals surface area contributed by atoms with Crippen molar-refractivity contribution in [3.05, 3.63) is 64.7 Å². The minimum atomic E-state index is -0.306. The van der Waals surface area contributed by atoms with E-state index in [4.69, 9.17) is 11.6 Å². The third-order valence-corrected chi connectivity index (χ3v) is 3.85. The molecule has 0 radical (unpaired) electrons. The highest BCUT2D eigenvalue weighted by Gasteiger charge is 2.11. The highest BCUT2D eigenvalue weighted by molar-refractivity contribution is 6.33. The van der Waals surface area contributed by atoms with Crippen molar-refractivity contribution in [2.45, 2.75) is 20.3 Å². The zero-order valence-electron chi connectivity index (χ0n) is 13.8. The van der Waals surface area contributed by atoms with E-state index >= 15 is 0 Å². The van der Waals surface area contributed by atoms with Crippen LogP contribution in [0.15, 0.2) is 48.5 Å². The van der Waals surface area contributed by atoms with E-state index in [0.717, 1.165) is 6.42 Å². The Morgan fingerprint density at radius 1 is 1.00 bits per heavy atom. The summed E-state index contributed by atoms with van der Waals surface area (Å²) in [4.78, 5) is 24.5. The van der Waals surface area contributed by atoms with Crippen molar-refractivity contribution in [2.24, 2.45) is 5.92 Å². The number of benzene rings is 2. The molecule has 0 saturated heterocycles. The van der Waals surface area contributed by atoms with Gasteiger partial charge in [0.05, 0.1) is 10.7 Å². The second kappa shape index (κ2) is 8.50. The molecular formula is C19H21ClN2O2. The Labute approximate surface area is 147 Å². The first-order valence-electron chi connectivity index (χ1n) is 7.91. The van der Waals surface area contributed by atoms with E-state index in [1.54, 1.807) is 48.5 Å². The Balaban J connectivity index is 2.05. The summed E-state index contributed by atoms with van der Waals surface area (Å²) in [6, 6.07) is 13.6. The maximum Gasteiger partial charge on any atom is 0.255 e. The largest absolute Gasteiger partial charge is 0.352 e. The molecule has 0 heterocycles. The maximum atomic E-state index is 12.3. The molecule has 2 N–H and O–H groups in total. The number of carbonyl (C=O) groups excluding carboxylic acids is 2. The summed E-state index contributed by atoms with van der Waals surface area (Å²) >= 11 is 6.04. The summed E-state index contributed by atoms with van der Waals surface area (Å²) in [7, 11) is 0. The van der Waals surface area contributed by atoms with Crippen LogP contribution in [0.2, 0.25) is 5.02 Å². The van der Waals surface area contributed by atoms with Crippen LogP contribution in [-0.2, 0) is 0 Å². The van der Waals surface area contributed by atoms with Crippen molar-refractivity contribution in [2.75, 3.05) is 11.9 Å². The van der Waals surface area contributed by atoms with Gasteiger partial charge in [0.15, 0.2) is 0 Å². The van der Waals surface area contributed by atoms with Gasteiger partial charge in [-0.15, -0.1) is 0 Å². The first-order chi connectivity index (χ1) is 11.5. The van der Waals surface area contributed by atoms with Gasteiger partial charge in [-0.05, 0) is 42.7 Å². The van der Waals surface area contributed by atoms with Crippen LogP contribution in [0.1, 0.15) is 41.0 Å². The van der Waals surface area contributed by atoms with Crippen LogP contribution in [0.4, 0.5) is 5.69 Å². The lowest BCUT2D eigenvalue weighted by Crippen LogP contribution is -2.25. The Morgan fingerprint density at radius 3 is 2.33 bits per heavy atom. The van der Waals surface area contributed by atoms with E-state index in [1.165, 1.54) is 0 Å². The molecule has 0 saturated carbocycles. The van der Waals surface area contributed by atoms with Gasteiger partial charge in [-0.25, -0.2) is 0 Å². The Kier molecular flexibility index (Phi) is 6.38. The van der Waals surface area contributed by atoms with Crippen LogP contribution in [0.25, 0.3) is 0 Å². The summed E-state index contributed by atoms with van der Waals surface area (Å²) in [6.07, 6.45) is 0.915. The lowest BCUT2D eigenvalue weighted by atomic mass is 10.1. The molecule has 0 atom stereocenters. The monoisotopic (exact) mass is 344 g/mol. The van der Waals surface area contributed by atoms with Gasteiger partial charge in [0, 0.05) is 17.7 Å². The quantitative estimate of drug-likeness (QED) is 0.817. The number of anilines is 1. The summed E-state index contributed by atoms with van der Waals surface area (Å²) in [5, 5.41) is 6.08. The fourth-order valence-electron chi connectivity index (χ4n) is 2.14. The van der Waals surface area contributed by atoms with E-state index in [2.05, 4.69) is 24.5 Å². The molecule has 2 aromatic rings. The molecule has 0 unspecified atom stereocenters.